The average Bonchev–Trinajstić information content (AvgIpc) is 3.27. The van der Waals surface area contributed by atoms with E-state index in [0.717, 1.165) is 28.1 Å². The Bertz CT molecular complexity index is 973. The van der Waals surface area contributed by atoms with Crippen molar-refractivity contribution in [2.45, 2.75) is 33.4 Å². The minimum Gasteiger partial charge on any atom is -0.332 e. The fourth-order valence-corrected chi connectivity index (χ4v) is 4.06. The van der Waals surface area contributed by atoms with E-state index in [-0.39, 0.29) is 18.5 Å². The molecule has 1 heterocycles. The van der Waals surface area contributed by atoms with E-state index in [1.807, 2.05) is 90.9 Å². The average molecular weight is 436 g/mol. The molecule has 0 radical (unpaired) electrons. The zero-order valence-corrected chi connectivity index (χ0v) is 18.9. The van der Waals surface area contributed by atoms with Gasteiger partial charge in [0.1, 0.15) is 6.54 Å². The number of nitrogens with one attached hydrogen (secondary N) is 1. The molecule has 0 saturated carbocycles. The second-order valence-corrected chi connectivity index (χ2v) is 8.57. The van der Waals surface area contributed by atoms with Crippen molar-refractivity contribution >= 4 is 29.0 Å². The fourth-order valence-electron chi connectivity index (χ4n) is 3.34. The molecular formula is C25H29N3O2S. The van der Waals surface area contributed by atoms with E-state index in [1.165, 1.54) is 0 Å². The van der Waals surface area contributed by atoms with Gasteiger partial charge in [0, 0.05) is 23.7 Å². The van der Waals surface area contributed by atoms with Crippen LogP contribution in [0.5, 0.6) is 0 Å². The van der Waals surface area contributed by atoms with Gasteiger partial charge in [-0.3, -0.25) is 4.79 Å². The van der Waals surface area contributed by atoms with E-state index in [4.69, 9.17) is 0 Å². The molecule has 1 aromatic heterocycles. The van der Waals surface area contributed by atoms with Crippen molar-refractivity contribution in [2.75, 3.05) is 18.4 Å². The smallest absolute Gasteiger partial charge is 0.322 e. The van der Waals surface area contributed by atoms with Crippen LogP contribution in [0.25, 0.3) is 0 Å². The van der Waals surface area contributed by atoms with Crippen LogP contribution in [0, 0.1) is 6.92 Å². The Morgan fingerprint density at radius 1 is 0.935 bits per heavy atom. The Labute approximate surface area is 188 Å². The number of hydrogen-bond donors (Lipinski definition) is 1. The third kappa shape index (κ3) is 6.96. The summed E-state index contributed by atoms with van der Waals surface area (Å²) < 4.78 is 0. The van der Waals surface area contributed by atoms with Crippen LogP contribution in [-0.2, 0) is 17.9 Å². The minimum absolute atomic E-state index is 0.0453. The van der Waals surface area contributed by atoms with Crippen LogP contribution in [0.1, 0.15) is 29.3 Å². The summed E-state index contributed by atoms with van der Waals surface area (Å²) in [4.78, 5) is 30.7. The van der Waals surface area contributed by atoms with Crippen LogP contribution in [0.15, 0.2) is 72.1 Å². The molecule has 1 N–H and O–H groups in total. The molecule has 0 atom stereocenters. The minimum atomic E-state index is -0.253. The van der Waals surface area contributed by atoms with E-state index < -0.39 is 0 Å². The fraction of sp³-hybridized carbons (Fsp3) is 0.280. The van der Waals surface area contributed by atoms with Crippen molar-refractivity contribution in [2.24, 2.45) is 0 Å². The molecule has 3 rings (SSSR count). The van der Waals surface area contributed by atoms with Gasteiger partial charge in [-0.2, -0.15) is 0 Å². The van der Waals surface area contributed by atoms with Gasteiger partial charge in [0.2, 0.25) is 5.91 Å². The number of carbonyl (C=O) groups excluding carboxylic acids is 2. The lowest BCUT2D eigenvalue weighted by Gasteiger charge is -2.27. The molecule has 3 aromatic rings. The van der Waals surface area contributed by atoms with Gasteiger partial charge >= 0.3 is 6.03 Å². The summed E-state index contributed by atoms with van der Waals surface area (Å²) in [5.41, 5.74) is 2.87. The molecule has 0 bridgehead atoms. The SMILES string of the molecule is CCCN(CC(=O)N(Cc1ccccc1)Cc1cccs1)C(=O)Nc1cccc(C)c1. The van der Waals surface area contributed by atoms with Gasteiger partial charge in [-0.15, -0.1) is 11.3 Å². The number of thiophene rings is 1. The zero-order valence-electron chi connectivity index (χ0n) is 18.1. The first-order valence-corrected chi connectivity index (χ1v) is 11.4. The number of hydrogen-bond acceptors (Lipinski definition) is 3. The summed E-state index contributed by atoms with van der Waals surface area (Å²) >= 11 is 1.63. The highest BCUT2D eigenvalue weighted by atomic mass is 32.1. The summed E-state index contributed by atoms with van der Waals surface area (Å²) in [6.07, 6.45) is 0.776. The molecule has 0 unspecified atom stereocenters. The van der Waals surface area contributed by atoms with Crippen molar-refractivity contribution in [3.63, 3.8) is 0 Å². The molecule has 0 fully saturated rings. The van der Waals surface area contributed by atoms with Crippen LogP contribution < -0.4 is 5.32 Å². The third-order valence-electron chi connectivity index (χ3n) is 4.87. The van der Waals surface area contributed by atoms with Crippen LogP contribution in [0.2, 0.25) is 0 Å². The Hall–Kier alpha value is -3.12. The molecule has 6 heteroatoms. The van der Waals surface area contributed by atoms with E-state index in [0.29, 0.717) is 19.6 Å². The second-order valence-electron chi connectivity index (χ2n) is 7.54. The van der Waals surface area contributed by atoms with Gasteiger partial charge < -0.3 is 15.1 Å². The third-order valence-corrected chi connectivity index (χ3v) is 5.73. The zero-order chi connectivity index (χ0) is 22.1. The van der Waals surface area contributed by atoms with Crippen molar-refractivity contribution in [3.8, 4) is 0 Å². The van der Waals surface area contributed by atoms with Crippen LogP contribution in [0.4, 0.5) is 10.5 Å². The van der Waals surface area contributed by atoms with Gasteiger partial charge in [0.25, 0.3) is 0 Å². The largest absolute Gasteiger partial charge is 0.332 e. The molecule has 31 heavy (non-hydrogen) atoms. The molecule has 2 aromatic carbocycles. The predicted molar refractivity (Wildman–Crippen MR) is 127 cm³/mol. The molecule has 0 aliphatic carbocycles. The van der Waals surface area contributed by atoms with Gasteiger partial charge in [-0.25, -0.2) is 4.79 Å². The van der Waals surface area contributed by atoms with Gasteiger partial charge in [0.05, 0.1) is 6.54 Å². The highest BCUT2D eigenvalue weighted by Gasteiger charge is 2.22. The first kappa shape index (κ1) is 22.6. The van der Waals surface area contributed by atoms with Crippen molar-refractivity contribution < 1.29 is 9.59 Å². The van der Waals surface area contributed by atoms with Crippen LogP contribution in [0.3, 0.4) is 0 Å². The van der Waals surface area contributed by atoms with Crippen molar-refractivity contribution in [1.82, 2.24) is 9.80 Å². The molecule has 162 valence electrons. The predicted octanol–water partition coefficient (Wildman–Crippen LogP) is 5.53. The molecule has 0 saturated heterocycles. The number of aryl methyl sites for hydroxylation is 1. The molecule has 0 aliphatic heterocycles. The van der Waals surface area contributed by atoms with E-state index in [9.17, 15) is 9.59 Å². The highest BCUT2D eigenvalue weighted by molar-refractivity contribution is 7.09. The Kier molecular flexibility index (Phi) is 8.24. The summed E-state index contributed by atoms with van der Waals surface area (Å²) in [5.74, 6) is -0.0647. The maximum atomic E-state index is 13.3. The first-order valence-electron chi connectivity index (χ1n) is 10.5. The van der Waals surface area contributed by atoms with E-state index in [2.05, 4.69) is 5.32 Å². The summed E-state index contributed by atoms with van der Waals surface area (Å²) in [6, 6.07) is 21.4. The quantitative estimate of drug-likeness (QED) is 0.480. The van der Waals surface area contributed by atoms with Crippen molar-refractivity contribution in [3.05, 3.63) is 88.1 Å². The lowest BCUT2D eigenvalue weighted by molar-refractivity contribution is -0.133. The summed E-state index contributed by atoms with van der Waals surface area (Å²) in [7, 11) is 0. The molecule has 3 amide bonds. The lowest BCUT2D eigenvalue weighted by atomic mass is 10.2. The van der Waals surface area contributed by atoms with Crippen LogP contribution in [-0.4, -0.2) is 34.8 Å². The number of rotatable bonds is 9. The number of urea groups is 1. The maximum absolute atomic E-state index is 13.3. The standard InChI is InChI=1S/C25H29N3O2S/c1-3-14-27(25(30)26-22-12-7-9-20(2)16-22)19-24(29)28(18-23-13-8-15-31-23)17-21-10-5-4-6-11-21/h4-13,15-16H,3,14,17-19H2,1-2H3,(H,26,30). The topological polar surface area (TPSA) is 52.7 Å². The molecule has 5 nitrogen and oxygen atoms in total. The summed E-state index contributed by atoms with van der Waals surface area (Å²) in [5, 5.41) is 4.94. The first-order chi connectivity index (χ1) is 15.0. The van der Waals surface area contributed by atoms with Gasteiger partial charge in [0.15, 0.2) is 0 Å². The highest BCUT2D eigenvalue weighted by Crippen LogP contribution is 2.16. The van der Waals surface area contributed by atoms with Gasteiger partial charge in [-0.1, -0.05) is 55.5 Å². The monoisotopic (exact) mass is 435 g/mol. The molecule has 0 spiro atoms. The lowest BCUT2D eigenvalue weighted by Crippen LogP contribution is -2.44. The van der Waals surface area contributed by atoms with Crippen molar-refractivity contribution in [1.29, 1.82) is 0 Å². The van der Waals surface area contributed by atoms with Gasteiger partial charge in [-0.05, 0) is 48.1 Å². The number of anilines is 1. The van der Waals surface area contributed by atoms with E-state index in [1.54, 1.807) is 16.2 Å². The van der Waals surface area contributed by atoms with Crippen LogP contribution >= 0.6 is 11.3 Å². The normalized spacial score (nSPS) is 10.5. The summed E-state index contributed by atoms with van der Waals surface area (Å²) in [6.45, 7) is 5.59. The Morgan fingerprint density at radius 3 is 2.42 bits per heavy atom. The number of benzene rings is 2. The number of carbonyl (C=O) groups is 2. The number of nitrogens with zero attached hydrogens (tertiary/aromatic N) is 2. The number of amides is 3. The Morgan fingerprint density at radius 2 is 1.74 bits per heavy atom. The van der Waals surface area contributed by atoms with E-state index >= 15 is 0 Å². The molecular weight excluding hydrogens is 406 g/mol. The maximum Gasteiger partial charge on any atom is 0.322 e. The second kappa shape index (κ2) is 11.3. The Balaban J connectivity index is 1.72. The molecule has 0 aliphatic rings.